The van der Waals surface area contributed by atoms with Gasteiger partial charge >= 0.3 is 11.8 Å². The molecule has 10 nitrogen and oxygen atoms in total. The van der Waals surface area contributed by atoms with E-state index in [-0.39, 0.29) is 24.5 Å². The van der Waals surface area contributed by atoms with Crippen LogP contribution in [0.5, 0.6) is 5.75 Å². The van der Waals surface area contributed by atoms with E-state index in [1.165, 1.54) is 23.5 Å². The summed E-state index contributed by atoms with van der Waals surface area (Å²) in [7, 11) is -2.36. The lowest BCUT2D eigenvalue weighted by molar-refractivity contribution is -0.140. The van der Waals surface area contributed by atoms with E-state index in [2.05, 4.69) is 15.6 Å². The van der Waals surface area contributed by atoms with Crippen LogP contribution in [-0.4, -0.2) is 62.6 Å². The normalized spacial score (nSPS) is 17.0. The molecule has 2 aromatic rings. The first kappa shape index (κ1) is 22.7. The number of aromatic nitrogens is 1. The largest absolute Gasteiger partial charge is 0.497 e. The number of carbonyl (C=O) groups excluding carboxylic acids is 2. The van der Waals surface area contributed by atoms with Crippen molar-refractivity contribution in [1.29, 1.82) is 0 Å². The van der Waals surface area contributed by atoms with E-state index in [9.17, 15) is 18.0 Å². The van der Waals surface area contributed by atoms with E-state index in [4.69, 9.17) is 9.47 Å². The smallest absolute Gasteiger partial charge is 0.309 e. The van der Waals surface area contributed by atoms with Crippen molar-refractivity contribution in [2.24, 2.45) is 0 Å². The number of amides is 2. The van der Waals surface area contributed by atoms with Gasteiger partial charge in [0.1, 0.15) is 12.0 Å². The predicted octanol–water partition coefficient (Wildman–Crippen LogP) is 0.260. The maximum absolute atomic E-state index is 13.0. The van der Waals surface area contributed by atoms with Gasteiger partial charge in [-0.25, -0.2) is 8.42 Å². The third-order valence-corrected chi connectivity index (χ3v) is 6.57. The van der Waals surface area contributed by atoms with E-state index in [1.54, 1.807) is 36.7 Å². The number of nitrogens with one attached hydrogen (secondary N) is 2. The zero-order valence-electron chi connectivity index (χ0n) is 17.0. The fourth-order valence-corrected chi connectivity index (χ4v) is 4.57. The number of methoxy groups -OCH3 is 1. The number of benzene rings is 1. The number of ether oxygens (including phenoxy) is 2. The summed E-state index contributed by atoms with van der Waals surface area (Å²) < 4.78 is 37.9. The highest BCUT2D eigenvalue weighted by Gasteiger charge is 2.35. The van der Waals surface area contributed by atoms with Gasteiger partial charge in [0.05, 0.1) is 25.2 Å². The molecule has 31 heavy (non-hydrogen) atoms. The van der Waals surface area contributed by atoms with Crippen LogP contribution >= 0.6 is 0 Å². The molecular formula is C20H24N4O6S. The van der Waals surface area contributed by atoms with Gasteiger partial charge in [0.15, 0.2) is 0 Å². The summed E-state index contributed by atoms with van der Waals surface area (Å²) in [5.41, 5.74) is 0.795. The Kier molecular flexibility index (Phi) is 7.55. The molecule has 0 unspecified atom stereocenters. The summed E-state index contributed by atoms with van der Waals surface area (Å²) in [6.07, 6.45) is 2.77. The molecular weight excluding hydrogens is 424 g/mol. The summed E-state index contributed by atoms with van der Waals surface area (Å²) in [5.74, 6) is -1.15. The van der Waals surface area contributed by atoms with Crippen LogP contribution in [0.2, 0.25) is 0 Å². The summed E-state index contributed by atoms with van der Waals surface area (Å²) in [6.45, 7) is 0.607. The Morgan fingerprint density at radius 2 is 1.81 bits per heavy atom. The molecule has 1 aromatic heterocycles. The van der Waals surface area contributed by atoms with Crippen molar-refractivity contribution in [3.8, 4) is 5.75 Å². The number of nitrogens with zero attached hydrogens (tertiary/aromatic N) is 2. The molecule has 0 radical (unpaired) electrons. The van der Waals surface area contributed by atoms with Crippen molar-refractivity contribution in [2.45, 2.75) is 24.1 Å². The second kappa shape index (κ2) is 10.3. The van der Waals surface area contributed by atoms with E-state index in [1.807, 2.05) is 0 Å². The van der Waals surface area contributed by atoms with Gasteiger partial charge in [0.2, 0.25) is 10.0 Å². The Morgan fingerprint density at radius 1 is 1.13 bits per heavy atom. The molecule has 2 amide bonds. The zero-order chi connectivity index (χ0) is 22.3. The van der Waals surface area contributed by atoms with Crippen LogP contribution in [0.4, 0.5) is 0 Å². The summed E-state index contributed by atoms with van der Waals surface area (Å²) in [4.78, 5) is 28.1. The molecule has 1 aliphatic rings. The molecule has 1 aliphatic heterocycles. The van der Waals surface area contributed by atoms with E-state index in [0.29, 0.717) is 18.8 Å². The van der Waals surface area contributed by atoms with Crippen LogP contribution in [0.15, 0.2) is 53.7 Å². The molecule has 1 aromatic carbocycles. The van der Waals surface area contributed by atoms with Crippen molar-refractivity contribution in [2.75, 3.05) is 26.8 Å². The Morgan fingerprint density at radius 3 is 2.48 bits per heavy atom. The van der Waals surface area contributed by atoms with E-state index in [0.717, 1.165) is 5.56 Å². The topological polar surface area (TPSA) is 127 Å². The van der Waals surface area contributed by atoms with Crippen LogP contribution in [0.25, 0.3) is 0 Å². The standard InChI is InChI=1S/C20H24N4O6S/c1-29-16-3-5-17(6-4-16)31(27,28)24-11-2-12-30-18(24)14-23-20(26)19(25)22-13-15-7-9-21-10-8-15/h3-10,18H,2,11-14H2,1H3,(H,22,25)(H,23,26)/t18-/m0/s1. The van der Waals surface area contributed by atoms with Crippen molar-refractivity contribution in [3.05, 3.63) is 54.4 Å². The van der Waals surface area contributed by atoms with E-state index >= 15 is 0 Å². The van der Waals surface area contributed by atoms with E-state index < -0.39 is 28.1 Å². The van der Waals surface area contributed by atoms with Crippen LogP contribution in [0.1, 0.15) is 12.0 Å². The van der Waals surface area contributed by atoms with Crippen molar-refractivity contribution < 1.29 is 27.5 Å². The van der Waals surface area contributed by atoms with Crippen LogP contribution in [0.3, 0.4) is 0 Å². The number of rotatable bonds is 7. The molecule has 0 saturated carbocycles. The van der Waals surface area contributed by atoms with Crippen molar-refractivity contribution >= 4 is 21.8 Å². The Hall–Kier alpha value is -3.02. The van der Waals surface area contributed by atoms with Crippen LogP contribution in [0, 0.1) is 0 Å². The van der Waals surface area contributed by atoms with Gasteiger partial charge in [-0.1, -0.05) is 0 Å². The first-order chi connectivity index (χ1) is 14.9. The molecule has 3 rings (SSSR count). The van der Waals surface area contributed by atoms with Gasteiger partial charge in [0, 0.05) is 25.5 Å². The first-order valence-electron chi connectivity index (χ1n) is 9.64. The van der Waals surface area contributed by atoms with Gasteiger partial charge in [-0.15, -0.1) is 0 Å². The van der Waals surface area contributed by atoms with Gasteiger partial charge in [-0.2, -0.15) is 4.31 Å². The maximum Gasteiger partial charge on any atom is 0.309 e. The molecule has 1 fully saturated rings. The minimum Gasteiger partial charge on any atom is -0.497 e. The summed E-state index contributed by atoms with van der Waals surface area (Å²) >= 11 is 0. The fourth-order valence-electron chi connectivity index (χ4n) is 3.01. The highest BCUT2D eigenvalue weighted by atomic mass is 32.2. The van der Waals surface area contributed by atoms with Gasteiger partial charge in [-0.05, 0) is 48.4 Å². The number of sulfonamides is 1. The lowest BCUT2D eigenvalue weighted by atomic mass is 10.3. The average molecular weight is 449 g/mol. The molecule has 1 saturated heterocycles. The summed E-state index contributed by atoms with van der Waals surface area (Å²) in [6, 6.07) is 9.45. The monoisotopic (exact) mass is 448 g/mol. The highest BCUT2D eigenvalue weighted by Crippen LogP contribution is 2.23. The molecule has 2 heterocycles. The molecule has 11 heteroatoms. The second-order valence-corrected chi connectivity index (χ2v) is 8.61. The first-order valence-corrected chi connectivity index (χ1v) is 11.1. The van der Waals surface area contributed by atoms with Gasteiger partial charge < -0.3 is 20.1 Å². The predicted molar refractivity (Wildman–Crippen MR) is 110 cm³/mol. The van der Waals surface area contributed by atoms with Crippen LogP contribution < -0.4 is 15.4 Å². The zero-order valence-corrected chi connectivity index (χ0v) is 17.8. The maximum atomic E-state index is 13.0. The molecule has 0 aliphatic carbocycles. The Bertz CT molecular complexity index is 998. The number of pyridine rings is 1. The molecule has 0 bridgehead atoms. The fraction of sp³-hybridized carbons (Fsp3) is 0.350. The lowest BCUT2D eigenvalue weighted by Crippen LogP contribution is -2.53. The molecule has 2 N–H and O–H groups in total. The van der Waals surface area contributed by atoms with Crippen LogP contribution in [-0.2, 0) is 30.9 Å². The number of hydrogen-bond acceptors (Lipinski definition) is 7. The van der Waals surface area contributed by atoms with Gasteiger partial charge in [0.25, 0.3) is 0 Å². The number of carbonyl (C=O) groups is 2. The minimum absolute atomic E-state index is 0.0882. The molecule has 0 spiro atoms. The van der Waals surface area contributed by atoms with Crippen molar-refractivity contribution in [3.63, 3.8) is 0 Å². The minimum atomic E-state index is -3.86. The average Bonchev–Trinajstić information content (AvgIpc) is 2.81. The third kappa shape index (κ3) is 5.78. The Balaban J connectivity index is 1.59. The van der Waals surface area contributed by atoms with Gasteiger partial charge in [-0.3, -0.25) is 14.6 Å². The molecule has 1 atom stereocenters. The SMILES string of the molecule is COc1ccc(S(=O)(=O)N2CCCO[C@H]2CNC(=O)C(=O)NCc2ccncc2)cc1. The van der Waals surface area contributed by atoms with Crippen molar-refractivity contribution in [1.82, 2.24) is 19.9 Å². The molecule has 166 valence electrons. The quantitative estimate of drug-likeness (QED) is 0.582. The number of hydrogen-bond donors (Lipinski definition) is 2. The lowest BCUT2D eigenvalue weighted by Gasteiger charge is -2.34. The summed E-state index contributed by atoms with van der Waals surface area (Å²) in [5, 5.41) is 4.95. The second-order valence-electron chi connectivity index (χ2n) is 6.72. The third-order valence-electron chi connectivity index (χ3n) is 4.67. The highest BCUT2D eigenvalue weighted by molar-refractivity contribution is 7.89. The Labute approximate surface area is 180 Å².